The van der Waals surface area contributed by atoms with Crippen LogP contribution in [0.2, 0.25) is 0 Å². The average molecular weight is 324 g/mol. The maximum Gasteiger partial charge on any atom is 0.343 e. The van der Waals surface area contributed by atoms with Crippen LogP contribution in [0.1, 0.15) is 24.0 Å². The van der Waals surface area contributed by atoms with Gasteiger partial charge in [-0.25, -0.2) is 4.79 Å². The molecule has 1 heterocycles. The number of aliphatic hydroxyl groups excluding tert-OH is 1. The predicted octanol–water partition coefficient (Wildman–Crippen LogP) is 2.58. The van der Waals surface area contributed by atoms with Crippen LogP contribution in [0.5, 0.6) is 5.75 Å². The molecule has 0 saturated heterocycles. The lowest BCUT2D eigenvalue weighted by molar-refractivity contribution is -0.125. The Morgan fingerprint density at radius 2 is 1.67 bits per heavy atom. The number of aliphatic hydroxyl groups is 1. The molecule has 3 aromatic rings. The van der Waals surface area contributed by atoms with Crippen LogP contribution in [-0.2, 0) is 4.79 Å². The van der Waals surface area contributed by atoms with Crippen molar-refractivity contribution in [3.8, 4) is 5.75 Å². The van der Waals surface area contributed by atoms with Gasteiger partial charge in [-0.2, -0.15) is 0 Å². The largest absolute Gasteiger partial charge is 0.507 e. The third-order valence-corrected chi connectivity index (χ3v) is 4.02. The topological polar surface area (TPSA) is 87.7 Å². The molecule has 0 spiro atoms. The van der Waals surface area contributed by atoms with E-state index in [-0.39, 0.29) is 16.9 Å². The second-order valence-electron chi connectivity index (χ2n) is 5.59. The van der Waals surface area contributed by atoms with Crippen molar-refractivity contribution in [3.63, 3.8) is 0 Å². The van der Waals surface area contributed by atoms with Crippen molar-refractivity contribution in [2.24, 2.45) is 0 Å². The monoisotopic (exact) mass is 324 g/mol. The Kier molecular flexibility index (Phi) is 4.18. The van der Waals surface area contributed by atoms with E-state index in [1.54, 1.807) is 54.6 Å². The highest BCUT2D eigenvalue weighted by Gasteiger charge is 2.32. The highest BCUT2D eigenvalue weighted by Crippen LogP contribution is 2.36. The molecule has 0 aliphatic heterocycles. The molecule has 1 unspecified atom stereocenters. The lowest BCUT2D eigenvalue weighted by Crippen LogP contribution is -2.30. The van der Waals surface area contributed by atoms with Crippen molar-refractivity contribution >= 4 is 16.8 Å². The normalized spacial score (nSPS) is 13.6. The Morgan fingerprint density at radius 1 is 1.04 bits per heavy atom. The molecule has 0 fully saturated rings. The molecular weight excluding hydrogens is 308 g/mol. The van der Waals surface area contributed by atoms with Gasteiger partial charge in [0.05, 0.1) is 16.9 Å². The van der Waals surface area contributed by atoms with Crippen LogP contribution in [0.15, 0.2) is 63.8 Å². The van der Waals surface area contributed by atoms with Crippen molar-refractivity contribution in [2.45, 2.75) is 18.9 Å². The quantitative estimate of drug-likeness (QED) is 0.720. The second-order valence-corrected chi connectivity index (χ2v) is 5.59. The van der Waals surface area contributed by atoms with Crippen molar-refractivity contribution in [1.29, 1.82) is 0 Å². The van der Waals surface area contributed by atoms with Gasteiger partial charge in [0.15, 0.2) is 5.78 Å². The maximum absolute atomic E-state index is 12.4. The summed E-state index contributed by atoms with van der Waals surface area (Å²) in [6.45, 7) is 1.24. The molecule has 0 bridgehead atoms. The van der Waals surface area contributed by atoms with Gasteiger partial charge >= 0.3 is 5.63 Å². The van der Waals surface area contributed by atoms with Crippen LogP contribution < -0.4 is 5.63 Å². The van der Waals surface area contributed by atoms with Crippen molar-refractivity contribution < 1.29 is 19.4 Å². The molecule has 0 aliphatic rings. The van der Waals surface area contributed by atoms with Gasteiger partial charge in [-0.15, -0.1) is 0 Å². The minimum atomic E-state index is -1.47. The van der Waals surface area contributed by atoms with Gasteiger partial charge in [-0.3, -0.25) is 4.79 Å². The number of hydrogen-bond donors (Lipinski definition) is 2. The second kappa shape index (κ2) is 6.29. The standard InChI is InChI=1S/C19H16O5/c1-11(20)17(21)15(12-7-3-2-4-8-12)16-18(22)13-9-5-6-10-14(13)24-19(16)23/h2-10,15,17,21-22H,1H3/t15-,17?/m0/s1. The predicted molar refractivity (Wildman–Crippen MR) is 89.1 cm³/mol. The fraction of sp³-hybridized carbons (Fsp3) is 0.158. The fourth-order valence-electron chi connectivity index (χ4n) is 2.82. The van der Waals surface area contributed by atoms with Crippen LogP contribution in [-0.4, -0.2) is 22.1 Å². The van der Waals surface area contributed by atoms with E-state index >= 15 is 0 Å². The number of Topliss-reactive ketones (excluding diaryl/α,β-unsaturated/α-hetero) is 1. The average Bonchev–Trinajstić information content (AvgIpc) is 2.58. The van der Waals surface area contributed by atoms with Crippen LogP contribution in [0.4, 0.5) is 0 Å². The minimum absolute atomic E-state index is 0.123. The fourth-order valence-corrected chi connectivity index (χ4v) is 2.82. The van der Waals surface area contributed by atoms with Gasteiger partial charge < -0.3 is 14.6 Å². The van der Waals surface area contributed by atoms with Gasteiger partial charge in [0, 0.05) is 0 Å². The SMILES string of the molecule is CC(=O)C(O)[C@@H](c1ccccc1)c1c(O)c2ccccc2oc1=O. The summed E-state index contributed by atoms with van der Waals surface area (Å²) in [5.41, 5.74) is -0.117. The molecule has 5 heteroatoms. The summed E-state index contributed by atoms with van der Waals surface area (Å²) in [4.78, 5) is 24.2. The molecule has 2 atom stereocenters. The summed E-state index contributed by atoms with van der Waals surface area (Å²) in [5.74, 6) is -1.80. The lowest BCUT2D eigenvalue weighted by Gasteiger charge is -2.22. The number of hydrogen-bond acceptors (Lipinski definition) is 5. The van der Waals surface area contributed by atoms with Crippen LogP contribution in [0.3, 0.4) is 0 Å². The van der Waals surface area contributed by atoms with Gasteiger partial charge in [0.25, 0.3) is 0 Å². The molecule has 1 aromatic heterocycles. The molecule has 0 amide bonds. The number of aromatic hydroxyl groups is 1. The number of rotatable bonds is 4. The van der Waals surface area contributed by atoms with Crippen LogP contribution in [0.25, 0.3) is 11.0 Å². The van der Waals surface area contributed by atoms with Gasteiger partial charge in [0.1, 0.15) is 17.4 Å². The number of carbonyl (C=O) groups is 1. The van der Waals surface area contributed by atoms with E-state index in [1.165, 1.54) is 6.92 Å². The van der Waals surface area contributed by atoms with Gasteiger partial charge in [-0.1, -0.05) is 42.5 Å². The van der Waals surface area contributed by atoms with E-state index in [0.717, 1.165) is 0 Å². The first-order chi connectivity index (χ1) is 11.5. The molecule has 122 valence electrons. The number of para-hydroxylation sites is 1. The first-order valence-corrected chi connectivity index (χ1v) is 7.49. The Bertz CT molecular complexity index is 943. The van der Waals surface area contributed by atoms with E-state index in [1.807, 2.05) is 0 Å². The first kappa shape index (κ1) is 16.0. The summed E-state index contributed by atoms with van der Waals surface area (Å²) >= 11 is 0. The van der Waals surface area contributed by atoms with Crippen molar-refractivity contribution in [3.05, 3.63) is 76.1 Å². The molecule has 0 radical (unpaired) electrons. The Hall–Kier alpha value is -2.92. The molecule has 0 aliphatic carbocycles. The van der Waals surface area contributed by atoms with E-state index in [2.05, 4.69) is 0 Å². The lowest BCUT2D eigenvalue weighted by atomic mass is 9.85. The molecule has 2 aromatic carbocycles. The number of fused-ring (bicyclic) bond motifs is 1. The van der Waals surface area contributed by atoms with E-state index < -0.39 is 23.4 Å². The van der Waals surface area contributed by atoms with E-state index in [4.69, 9.17) is 4.42 Å². The van der Waals surface area contributed by atoms with Crippen molar-refractivity contribution in [1.82, 2.24) is 0 Å². The maximum atomic E-state index is 12.4. The molecule has 0 saturated carbocycles. The summed E-state index contributed by atoms with van der Waals surface area (Å²) in [7, 11) is 0. The Labute approximate surface area is 137 Å². The molecular formula is C19H16O5. The summed E-state index contributed by atoms with van der Waals surface area (Å²) in [5, 5.41) is 21.3. The minimum Gasteiger partial charge on any atom is -0.507 e. The Morgan fingerprint density at radius 3 is 2.33 bits per heavy atom. The van der Waals surface area contributed by atoms with Crippen molar-refractivity contribution in [2.75, 3.05) is 0 Å². The highest BCUT2D eigenvalue weighted by atomic mass is 16.4. The van der Waals surface area contributed by atoms with Crippen LogP contribution in [0, 0.1) is 0 Å². The van der Waals surface area contributed by atoms with Gasteiger partial charge in [-0.05, 0) is 24.6 Å². The number of benzene rings is 2. The molecule has 2 N–H and O–H groups in total. The zero-order valence-corrected chi connectivity index (χ0v) is 13.0. The summed E-state index contributed by atoms with van der Waals surface area (Å²) < 4.78 is 5.27. The zero-order valence-electron chi connectivity index (χ0n) is 13.0. The van der Waals surface area contributed by atoms with E-state index in [0.29, 0.717) is 10.9 Å². The smallest absolute Gasteiger partial charge is 0.343 e. The first-order valence-electron chi connectivity index (χ1n) is 7.49. The number of ketones is 1. The summed E-state index contributed by atoms with van der Waals surface area (Å²) in [6.07, 6.45) is -1.47. The zero-order chi connectivity index (χ0) is 17.3. The summed E-state index contributed by atoms with van der Waals surface area (Å²) in [6, 6.07) is 15.2. The third kappa shape index (κ3) is 2.70. The molecule has 3 rings (SSSR count). The Balaban J connectivity index is 2.31. The molecule has 24 heavy (non-hydrogen) atoms. The highest BCUT2D eigenvalue weighted by molar-refractivity contribution is 5.86. The van der Waals surface area contributed by atoms with Gasteiger partial charge in [0.2, 0.25) is 0 Å². The van der Waals surface area contributed by atoms with Crippen LogP contribution >= 0.6 is 0 Å². The third-order valence-electron chi connectivity index (χ3n) is 4.02. The number of carbonyl (C=O) groups excluding carboxylic acids is 1. The molecule has 5 nitrogen and oxygen atoms in total. The van der Waals surface area contributed by atoms with E-state index in [9.17, 15) is 19.8 Å².